The molecule has 0 aliphatic rings. The van der Waals surface area contributed by atoms with Gasteiger partial charge in [0.05, 0.1) is 23.7 Å². The molecule has 1 atom stereocenters. The molecule has 9 heteroatoms. The van der Waals surface area contributed by atoms with E-state index in [1.54, 1.807) is 24.1 Å². The summed E-state index contributed by atoms with van der Waals surface area (Å²) >= 11 is 0. The number of fused-ring (bicyclic) bond motifs is 1. The summed E-state index contributed by atoms with van der Waals surface area (Å²) in [5, 5.41) is 13.3. The molecule has 0 saturated heterocycles. The number of aliphatic hydroxyl groups excluding tert-OH is 1. The summed E-state index contributed by atoms with van der Waals surface area (Å²) in [5.74, 6) is 2.24. The minimum atomic E-state index is -0.750. The van der Waals surface area contributed by atoms with Gasteiger partial charge in [-0.05, 0) is 75.7 Å². The smallest absolute Gasteiger partial charge is 0.263 e. The van der Waals surface area contributed by atoms with Crippen molar-refractivity contribution < 1.29 is 19.4 Å². The standard InChI is InChI=1S/C28H31N5O4/c1-5-33(13-14-34)28(35)20(4)36-25-8-6-7-23-26(25)27(31-17-30-23)32-21-10-12-24(18(2)15-21)37-22-11-9-19(3)29-16-22/h6-12,15-17,20,34H,5,13-14H2,1-4H3,(H,30,31,32)/t20-/m1/s1. The van der Waals surface area contributed by atoms with Crippen molar-refractivity contribution in [2.24, 2.45) is 0 Å². The van der Waals surface area contributed by atoms with E-state index in [1.807, 2.05) is 63.2 Å². The average Bonchev–Trinajstić information content (AvgIpc) is 2.90. The molecular formula is C28H31N5O4. The molecule has 1 amide bonds. The summed E-state index contributed by atoms with van der Waals surface area (Å²) in [4.78, 5) is 27.5. The third kappa shape index (κ3) is 6.13. The van der Waals surface area contributed by atoms with Crippen molar-refractivity contribution in [3.8, 4) is 17.2 Å². The molecule has 37 heavy (non-hydrogen) atoms. The second-order valence-corrected chi connectivity index (χ2v) is 8.62. The summed E-state index contributed by atoms with van der Waals surface area (Å²) in [6.45, 7) is 8.10. The molecule has 0 unspecified atom stereocenters. The van der Waals surface area contributed by atoms with Crippen LogP contribution in [0.5, 0.6) is 17.2 Å². The van der Waals surface area contributed by atoms with Crippen LogP contribution in [0.3, 0.4) is 0 Å². The van der Waals surface area contributed by atoms with Crippen LogP contribution in [0.25, 0.3) is 10.9 Å². The minimum Gasteiger partial charge on any atom is -0.480 e. The number of aryl methyl sites for hydroxylation is 2. The molecule has 2 N–H and O–H groups in total. The molecule has 0 aliphatic heterocycles. The zero-order valence-corrected chi connectivity index (χ0v) is 21.4. The normalized spacial score (nSPS) is 11.7. The molecule has 4 rings (SSSR count). The Balaban J connectivity index is 1.58. The summed E-state index contributed by atoms with van der Waals surface area (Å²) in [6.07, 6.45) is 2.43. The van der Waals surface area contributed by atoms with Gasteiger partial charge in [-0.25, -0.2) is 9.97 Å². The number of benzene rings is 2. The van der Waals surface area contributed by atoms with E-state index >= 15 is 0 Å². The summed E-state index contributed by atoms with van der Waals surface area (Å²) in [5.41, 5.74) is 3.35. The van der Waals surface area contributed by atoms with Gasteiger partial charge in [-0.15, -0.1) is 0 Å². The topological polar surface area (TPSA) is 110 Å². The Morgan fingerprint density at radius 3 is 2.62 bits per heavy atom. The maximum Gasteiger partial charge on any atom is 0.263 e. The number of hydrogen-bond acceptors (Lipinski definition) is 8. The third-order valence-corrected chi connectivity index (χ3v) is 5.89. The molecule has 0 saturated carbocycles. The molecule has 0 bridgehead atoms. The lowest BCUT2D eigenvalue weighted by Crippen LogP contribution is -2.41. The van der Waals surface area contributed by atoms with Crippen molar-refractivity contribution in [1.29, 1.82) is 0 Å². The number of ether oxygens (including phenoxy) is 2. The second-order valence-electron chi connectivity index (χ2n) is 8.62. The summed E-state index contributed by atoms with van der Waals surface area (Å²) in [6, 6.07) is 15.0. The lowest BCUT2D eigenvalue weighted by atomic mass is 10.1. The van der Waals surface area contributed by atoms with Crippen LogP contribution in [0, 0.1) is 13.8 Å². The number of aliphatic hydroxyl groups is 1. The van der Waals surface area contributed by atoms with E-state index < -0.39 is 6.10 Å². The van der Waals surface area contributed by atoms with E-state index in [-0.39, 0.29) is 19.1 Å². The van der Waals surface area contributed by atoms with Gasteiger partial charge in [0.25, 0.3) is 5.91 Å². The SMILES string of the molecule is CCN(CCO)C(=O)[C@@H](C)Oc1cccc2ncnc(Nc3ccc(Oc4ccc(C)nc4)c(C)c3)c12. The van der Waals surface area contributed by atoms with Gasteiger partial charge in [0.2, 0.25) is 0 Å². The lowest BCUT2D eigenvalue weighted by Gasteiger charge is -2.24. The van der Waals surface area contributed by atoms with Crippen molar-refractivity contribution in [3.63, 3.8) is 0 Å². The first-order chi connectivity index (χ1) is 17.9. The van der Waals surface area contributed by atoms with Gasteiger partial charge < -0.3 is 24.8 Å². The molecule has 4 aromatic rings. The van der Waals surface area contributed by atoms with Crippen LogP contribution in [0.4, 0.5) is 11.5 Å². The maximum absolute atomic E-state index is 12.8. The van der Waals surface area contributed by atoms with Gasteiger partial charge in [-0.1, -0.05) is 6.07 Å². The number of anilines is 2. The molecule has 2 heterocycles. The molecule has 2 aromatic heterocycles. The predicted molar refractivity (Wildman–Crippen MR) is 142 cm³/mol. The molecule has 192 valence electrons. The molecule has 2 aromatic carbocycles. The number of hydrogen-bond donors (Lipinski definition) is 2. The highest BCUT2D eigenvalue weighted by Gasteiger charge is 2.22. The number of carbonyl (C=O) groups is 1. The Labute approximate surface area is 216 Å². The number of nitrogens with one attached hydrogen (secondary N) is 1. The fourth-order valence-electron chi connectivity index (χ4n) is 3.93. The zero-order chi connectivity index (χ0) is 26.4. The molecule has 0 fully saturated rings. The molecule has 0 radical (unpaired) electrons. The zero-order valence-electron chi connectivity index (χ0n) is 21.4. The Hall–Kier alpha value is -4.24. The van der Waals surface area contributed by atoms with E-state index in [2.05, 4.69) is 20.3 Å². The highest BCUT2D eigenvalue weighted by atomic mass is 16.5. The van der Waals surface area contributed by atoms with Gasteiger partial charge in [-0.3, -0.25) is 9.78 Å². The van der Waals surface area contributed by atoms with Gasteiger partial charge >= 0.3 is 0 Å². The first kappa shape index (κ1) is 25.8. The Kier molecular flexibility index (Phi) is 8.15. The average molecular weight is 502 g/mol. The molecule has 9 nitrogen and oxygen atoms in total. The van der Waals surface area contributed by atoms with Crippen LogP contribution < -0.4 is 14.8 Å². The number of pyridine rings is 1. The maximum atomic E-state index is 12.8. The molecule has 0 spiro atoms. The first-order valence-electron chi connectivity index (χ1n) is 12.2. The first-order valence-corrected chi connectivity index (χ1v) is 12.2. The monoisotopic (exact) mass is 501 g/mol. The highest BCUT2D eigenvalue weighted by molar-refractivity contribution is 5.96. The summed E-state index contributed by atoms with van der Waals surface area (Å²) < 4.78 is 12.1. The second kappa shape index (κ2) is 11.7. The van der Waals surface area contributed by atoms with Crippen LogP contribution in [0.1, 0.15) is 25.1 Å². The highest BCUT2D eigenvalue weighted by Crippen LogP contribution is 2.34. The largest absolute Gasteiger partial charge is 0.480 e. The predicted octanol–water partition coefficient (Wildman–Crippen LogP) is 4.79. The van der Waals surface area contributed by atoms with Crippen molar-refractivity contribution in [2.45, 2.75) is 33.8 Å². The van der Waals surface area contributed by atoms with E-state index in [4.69, 9.17) is 9.47 Å². The van der Waals surface area contributed by atoms with Gasteiger partial charge in [0, 0.05) is 24.5 Å². The van der Waals surface area contributed by atoms with Crippen LogP contribution in [0.2, 0.25) is 0 Å². The quantitative estimate of drug-likeness (QED) is 0.319. The molecular weight excluding hydrogens is 470 g/mol. The Morgan fingerprint density at radius 1 is 1.08 bits per heavy atom. The van der Waals surface area contributed by atoms with Crippen LogP contribution in [-0.2, 0) is 4.79 Å². The van der Waals surface area contributed by atoms with Crippen molar-refractivity contribution >= 4 is 28.3 Å². The number of rotatable bonds is 10. The third-order valence-electron chi connectivity index (χ3n) is 5.89. The van der Waals surface area contributed by atoms with E-state index in [0.717, 1.165) is 22.7 Å². The van der Waals surface area contributed by atoms with Crippen LogP contribution in [0.15, 0.2) is 61.1 Å². The lowest BCUT2D eigenvalue weighted by molar-refractivity contribution is -0.138. The van der Waals surface area contributed by atoms with Crippen LogP contribution in [-0.4, -0.2) is 56.7 Å². The van der Waals surface area contributed by atoms with Crippen molar-refractivity contribution in [1.82, 2.24) is 19.9 Å². The number of amides is 1. The number of aromatic nitrogens is 3. The van der Waals surface area contributed by atoms with Crippen molar-refractivity contribution in [2.75, 3.05) is 25.0 Å². The minimum absolute atomic E-state index is 0.104. The number of nitrogens with zero attached hydrogens (tertiary/aromatic N) is 4. The molecule has 0 aliphatic carbocycles. The van der Waals surface area contributed by atoms with Gasteiger partial charge in [0.1, 0.15) is 29.4 Å². The Morgan fingerprint density at radius 2 is 1.92 bits per heavy atom. The van der Waals surface area contributed by atoms with Gasteiger partial charge in [0.15, 0.2) is 6.10 Å². The fourth-order valence-corrected chi connectivity index (χ4v) is 3.93. The number of likely N-dealkylation sites (N-methyl/N-ethyl adjacent to an activating group) is 1. The van der Waals surface area contributed by atoms with Crippen LogP contribution >= 0.6 is 0 Å². The van der Waals surface area contributed by atoms with Crippen molar-refractivity contribution in [3.05, 3.63) is 72.3 Å². The van der Waals surface area contributed by atoms with E-state index in [0.29, 0.717) is 34.8 Å². The Bertz CT molecular complexity index is 1370. The fraction of sp³-hybridized carbons (Fsp3) is 0.286. The number of carbonyl (C=O) groups excluding carboxylic acids is 1. The van der Waals surface area contributed by atoms with Gasteiger partial charge in [-0.2, -0.15) is 0 Å². The summed E-state index contributed by atoms with van der Waals surface area (Å²) in [7, 11) is 0. The van der Waals surface area contributed by atoms with E-state index in [1.165, 1.54) is 6.33 Å². The van der Waals surface area contributed by atoms with E-state index in [9.17, 15) is 9.90 Å².